The molecular weight excluding hydrogens is 250 g/mol. The predicted octanol–water partition coefficient (Wildman–Crippen LogP) is 1.82. The zero-order chi connectivity index (χ0) is 13.0. The number of H-pyrrole nitrogens is 1. The molecule has 0 saturated heterocycles. The van der Waals surface area contributed by atoms with Gasteiger partial charge in [-0.1, -0.05) is 6.92 Å². The minimum Gasteiger partial charge on any atom is -0.378 e. The van der Waals surface area contributed by atoms with Gasteiger partial charge in [0, 0.05) is 18.1 Å². The van der Waals surface area contributed by atoms with Crippen molar-refractivity contribution in [3.05, 3.63) is 42.5 Å². The van der Waals surface area contributed by atoms with E-state index in [1.54, 1.807) is 43.6 Å². The number of hydrogen-bond acceptors (Lipinski definition) is 4. The van der Waals surface area contributed by atoms with Crippen molar-refractivity contribution in [1.82, 2.24) is 9.97 Å². The Bertz CT molecular complexity index is 589. The average molecular weight is 265 g/mol. The molecule has 1 heterocycles. The van der Waals surface area contributed by atoms with Gasteiger partial charge in [0.05, 0.1) is 17.2 Å². The third-order valence-corrected chi connectivity index (χ3v) is 4.36. The Balaban J connectivity index is 2.04. The number of anilines is 1. The Morgan fingerprint density at radius 1 is 1.28 bits per heavy atom. The second kappa shape index (κ2) is 5.22. The van der Waals surface area contributed by atoms with Gasteiger partial charge in [-0.2, -0.15) is 0 Å². The maximum atomic E-state index is 11.6. The highest BCUT2D eigenvalue weighted by molar-refractivity contribution is 7.91. The molecule has 1 aromatic heterocycles. The summed E-state index contributed by atoms with van der Waals surface area (Å²) in [7, 11) is -3.12. The van der Waals surface area contributed by atoms with E-state index in [0.717, 1.165) is 11.5 Å². The molecule has 2 rings (SSSR count). The molecule has 18 heavy (non-hydrogen) atoms. The highest BCUT2D eigenvalue weighted by atomic mass is 32.2. The first kappa shape index (κ1) is 12.6. The molecule has 0 radical (unpaired) electrons. The van der Waals surface area contributed by atoms with Crippen molar-refractivity contribution in [2.75, 3.05) is 11.1 Å². The van der Waals surface area contributed by atoms with Gasteiger partial charge in [0.2, 0.25) is 0 Å². The lowest BCUT2D eigenvalue weighted by Crippen LogP contribution is -2.04. The first-order valence-electron chi connectivity index (χ1n) is 5.67. The fourth-order valence-corrected chi connectivity index (χ4v) is 2.41. The molecule has 2 N–H and O–H groups in total. The Kier molecular flexibility index (Phi) is 3.66. The minimum atomic E-state index is -3.12. The van der Waals surface area contributed by atoms with Crippen molar-refractivity contribution in [2.24, 2.45) is 0 Å². The van der Waals surface area contributed by atoms with E-state index in [9.17, 15) is 8.42 Å². The molecular formula is C12H15N3O2S. The number of aromatic nitrogens is 2. The first-order valence-corrected chi connectivity index (χ1v) is 7.32. The van der Waals surface area contributed by atoms with E-state index in [2.05, 4.69) is 15.3 Å². The molecule has 1 aromatic carbocycles. The van der Waals surface area contributed by atoms with E-state index in [-0.39, 0.29) is 5.75 Å². The van der Waals surface area contributed by atoms with Gasteiger partial charge < -0.3 is 10.3 Å². The summed E-state index contributed by atoms with van der Waals surface area (Å²) in [5.41, 5.74) is 0.862. The van der Waals surface area contributed by atoms with Crippen LogP contribution in [0.25, 0.3) is 0 Å². The number of imidazole rings is 1. The number of rotatable bonds is 5. The number of sulfone groups is 1. The maximum Gasteiger partial charge on any atom is 0.178 e. The molecule has 0 unspecified atom stereocenters. The normalized spacial score (nSPS) is 11.4. The maximum absolute atomic E-state index is 11.6. The van der Waals surface area contributed by atoms with Gasteiger partial charge in [-0.3, -0.25) is 0 Å². The van der Waals surface area contributed by atoms with Crippen molar-refractivity contribution < 1.29 is 8.42 Å². The Labute approximate surface area is 106 Å². The van der Waals surface area contributed by atoms with Crippen LogP contribution in [-0.2, 0) is 16.4 Å². The molecule has 2 aromatic rings. The van der Waals surface area contributed by atoms with Gasteiger partial charge in [-0.15, -0.1) is 0 Å². The van der Waals surface area contributed by atoms with Crippen LogP contribution >= 0.6 is 0 Å². The lowest BCUT2D eigenvalue weighted by atomic mass is 10.3. The van der Waals surface area contributed by atoms with Crippen LogP contribution in [0, 0.1) is 0 Å². The predicted molar refractivity (Wildman–Crippen MR) is 70.1 cm³/mol. The summed E-state index contributed by atoms with van der Waals surface area (Å²) in [6, 6.07) is 6.74. The van der Waals surface area contributed by atoms with E-state index in [1.165, 1.54) is 0 Å². The standard InChI is InChI=1S/C12H15N3O2S/c1-2-18(16,17)11-5-3-10(4-6-11)15-9-12-13-7-8-14-12/h3-8,15H,2,9H2,1H3,(H,13,14). The van der Waals surface area contributed by atoms with Crippen LogP contribution in [0.4, 0.5) is 5.69 Å². The number of benzene rings is 1. The summed E-state index contributed by atoms with van der Waals surface area (Å²) in [4.78, 5) is 7.43. The van der Waals surface area contributed by atoms with Crippen LogP contribution in [0.15, 0.2) is 41.6 Å². The molecule has 6 heteroatoms. The average Bonchev–Trinajstić information content (AvgIpc) is 2.90. The largest absolute Gasteiger partial charge is 0.378 e. The van der Waals surface area contributed by atoms with Crippen molar-refractivity contribution in [3.63, 3.8) is 0 Å². The Morgan fingerprint density at radius 2 is 2.00 bits per heavy atom. The van der Waals surface area contributed by atoms with Crippen LogP contribution in [0.1, 0.15) is 12.7 Å². The van der Waals surface area contributed by atoms with Gasteiger partial charge in [0.25, 0.3) is 0 Å². The molecule has 0 aliphatic rings. The molecule has 96 valence electrons. The second-order valence-corrected chi connectivity index (χ2v) is 6.10. The highest BCUT2D eigenvalue weighted by Gasteiger charge is 2.10. The quantitative estimate of drug-likeness (QED) is 0.864. The van der Waals surface area contributed by atoms with Crippen LogP contribution in [0.3, 0.4) is 0 Å². The highest BCUT2D eigenvalue weighted by Crippen LogP contribution is 2.15. The van der Waals surface area contributed by atoms with Gasteiger partial charge in [0.1, 0.15) is 5.82 Å². The summed E-state index contributed by atoms with van der Waals surface area (Å²) in [5.74, 6) is 0.951. The molecule has 0 spiro atoms. The zero-order valence-corrected chi connectivity index (χ0v) is 10.9. The fourth-order valence-electron chi connectivity index (χ4n) is 1.53. The summed E-state index contributed by atoms with van der Waals surface area (Å²) in [6.07, 6.45) is 3.45. The van der Waals surface area contributed by atoms with Crippen molar-refractivity contribution in [2.45, 2.75) is 18.4 Å². The van der Waals surface area contributed by atoms with Crippen LogP contribution < -0.4 is 5.32 Å². The van der Waals surface area contributed by atoms with E-state index >= 15 is 0 Å². The van der Waals surface area contributed by atoms with Crippen LogP contribution in [-0.4, -0.2) is 24.1 Å². The fraction of sp³-hybridized carbons (Fsp3) is 0.250. The van der Waals surface area contributed by atoms with E-state index in [1.807, 2.05) is 0 Å². The summed E-state index contributed by atoms with van der Waals surface area (Å²) < 4.78 is 23.2. The topological polar surface area (TPSA) is 74.8 Å². The van der Waals surface area contributed by atoms with E-state index < -0.39 is 9.84 Å². The molecule has 0 amide bonds. The molecule has 0 aliphatic carbocycles. The summed E-state index contributed by atoms with van der Waals surface area (Å²) in [6.45, 7) is 2.21. The monoisotopic (exact) mass is 265 g/mol. The van der Waals surface area contributed by atoms with Gasteiger partial charge >= 0.3 is 0 Å². The molecule has 0 saturated carbocycles. The second-order valence-electron chi connectivity index (χ2n) is 3.82. The Morgan fingerprint density at radius 3 is 2.56 bits per heavy atom. The molecule has 0 aliphatic heterocycles. The number of nitrogens with one attached hydrogen (secondary N) is 2. The van der Waals surface area contributed by atoms with E-state index in [4.69, 9.17) is 0 Å². The SMILES string of the molecule is CCS(=O)(=O)c1ccc(NCc2ncc[nH]2)cc1. The zero-order valence-electron chi connectivity index (χ0n) is 10.1. The summed E-state index contributed by atoms with van der Waals surface area (Å²) >= 11 is 0. The Hall–Kier alpha value is -1.82. The summed E-state index contributed by atoms with van der Waals surface area (Å²) in [5, 5.41) is 3.16. The van der Waals surface area contributed by atoms with E-state index in [0.29, 0.717) is 11.4 Å². The first-order chi connectivity index (χ1) is 8.62. The third kappa shape index (κ3) is 2.89. The lowest BCUT2D eigenvalue weighted by Gasteiger charge is -2.06. The van der Waals surface area contributed by atoms with Crippen molar-refractivity contribution >= 4 is 15.5 Å². The van der Waals surface area contributed by atoms with Crippen molar-refractivity contribution in [1.29, 1.82) is 0 Å². The van der Waals surface area contributed by atoms with Crippen LogP contribution in [0.5, 0.6) is 0 Å². The molecule has 0 atom stereocenters. The van der Waals surface area contributed by atoms with Gasteiger partial charge in [0.15, 0.2) is 9.84 Å². The van der Waals surface area contributed by atoms with Gasteiger partial charge in [-0.05, 0) is 24.3 Å². The number of hydrogen-bond donors (Lipinski definition) is 2. The molecule has 0 bridgehead atoms. The minimum absolute atomic E-state index is 0.117. The smallest absolute Gasteiger partial charge is 0.178 e. The van der Waals surface area contributed by atoms with Crippen LogP contribution in [0.2, 0.25) is 0 Å². The third-order valence-electron chi connectivity index (χ3n) is 2.61. The number of aromatic amines is 1. The number of nitrogens with zero attached hydrogens (tertiary/aromatic N) is 1. The molecule has 5 nitrogen and oxygen atoms in total. The van der Waals surface area contributed by atoms with Crippen molar-refractivity contribution in [3.8, 4) is 0 Å². The lowest BCUT2D eigenvalue weighted by molar-refractivity contribution is 0.597. The van der Waals surface area contributed by atoms with Gasteiger partial charge in [-0.25, -0.2) is 13.4 Å². The molecule has 0 fully saturated rings.